The van der Waals surface area contributed by atoms with Crippen molar-refractivity contribution in [1.82, 2.24) is 19.6 Å². The monoisotopic (exact) mass is 444 g/mol. The molecule has 3 rings (SSSR count). The van der Waals surface area contributed by atoms with E-state index in [1.54, 1.807) is 0 Å². The highest BCUT2D eigenvalue weighted by Crippen LogP contribution is 2.24. The van der Waals surface area contributed by atoms with Gasteiger partial charge >= 0.3 is 5.69 Å². The molecule has 1 atom stereocenters. The van der Waals surface area contributed by atoms with Gasteiger partial charge in [-0.25, -0.2) is 22.0 Å². The zero-order valence-electron chi connectivity index (χ0n) is 15.9. The summed E-state index contributed by atoms with van der Waals surface area (Å²) >= 11 is 0. The molecule has 0 saturated heterocycles. The molecule has 1 N–H and O–H groups in total. The van der Waals surface area contributed by atoms with E-state index >= 15 is 0 Å². The summed E-state index contributed by atoms with van der Waals surface area (Å²) < 4.78 is 69.3. The molecule has 0 aliphatic rings. The average molecular weight is 444 g/mol. The minimum Gasteiger partial charge on any atom is -0.307 e. The molecule has 31 heavy (non-hydrogen) atoms. The lowest BCUT2D eigenvalue weighted by Crippen LogP contribution is -2.24. The van der Waals surface area contributed by atoms with E-state index in [1.165, 1.54) is 19.9 Å². The van der Waals surface area contributed by atoms with Gasteiger partial charge in [0, 0.05) is 12.3 Å². The number of nitrogens with one attached hydrogen (secondary N) is 1. The maximum Gasteiger partial charge on any atom is 0.309 e. The van der Waals surface area contributed by atoms with Crippen LogP contribution >= 0.6 is 0 Å². The van der Waals surface area contributed by atoms with Gasteiger partial charge < -0.3 is 5.32 Å². The minimum absolute atomic E-state index is 0.0842. The van der Waals surface area contributed by atoms with Crippen LogP contribution < -0.4 is 5.32 Å². The topological polar surface area (TPSA) is 108 Å². The molecule has 14 heteroatoms. The van der Waals surface area contributed by atoms with E-state index in [-0.39, 0.29) is 17.2 Å². The van der Waals surface area contributed by atoms with E-state index in [0.29, 0.717) is 0 Å². The second-order valence-corrected chi connectivity index (χ2v) is 6.45. The molecule has 2 heterocycles. The van der Waals surface area contributed by atoms with Gasteiger partial charge in [0.05, 0.1) is 17.0 Å². The zero-order valence-corrected chi connectivity index (χ0v) is 15.9. The van der Waals surface area contributed by atoms with Crippen molar-refractivity contribution in [1.29, 1.82) is 0 Å². The first-order valence-corrected chi connectivity index (χ1v) is 8.56. The molecule has 1 aromatic carbocycles. The Morgan fingerprint density at radius 1 is 1.13 bits per heavy atom. The predicted octanol–water partition coefficient (Wildman–Crippen LogP) is 3.24. The van der Waals surface area contributed by atoms with E-state index in [0.717, 1.165) is 21.8 Å². The molecule has 2 aromatic heterocycles. The predicted molar refractivity (Wildman–Crippen MR) is 94.5 cm³/mol. The SMILES string of the molecule is Cc1nn(C(C)C(=O)Nc2ccn(Cc3c(F)c(F)c(F)c(F)c3F)n2)cc1[N+](=O)[O-]. The lowest BCUT2D eigenvalue weighted by molar-refractivity contribution is -0.385. The number of amides is 1. The molecular formula is C17H13F5N6O3. The molecule has 0 spiro atoms. The summed E-state index contributed by atoms with van der Waals surface area (Å²) in [5, 5.41) is 21.0. The third-order valence-corrected chi connectivity index (χ3v) is 4.38. The Morgan fingerprint density at radius 3 is 2.26 bits per heavy atom. The Kier molecular flexibility index (Phi) is 5.73. The van der Waals surface area contributed by atoms with E-state index in [4.69, 9.17) is 0 Å². The number of aryl methyl sites for hydroxylation is 1. The van der Waals surface area contributed by atoms with Crippen LogP contribution in [0.5, 0.6) is 0 Å². The highest BCUT2D eigenvalue weighted by Gasteiger charge is 2.26. The smallest absolute Gasteiger partial charge is 0.307 e. The van der Waals surface area contributed by atoms with Crippen molar-refractivity contribution in [3.05, 3.63) is 68.9 Å². The van der Waals surface area contributed by atoms with E-state index in [2.05, 4.69) is 15.5 Å². The number of carbonyl (C=O) groups excluding carboxylic acids is 1. The summed E-state index contributed by atoms with van der Waals surface area (Å²) in [5.41, 5.74) is -1.26. The van der Waals surface area contributed by atoms with Crippen molar-refractivity contribution >= 4 is 17.4 Å². The van der Waals surface area contributed by atoms with Crippen molar-refractivity contribution in [2.75, 3.05) is 5.32 Å². The molecule has 0 fully saturated rings. The summed E-state index contributed by atoms with van der Waals surface area (Å²) in [7, 11) is 0. The minimum atomic E-state index is -2.27. The van der Waals surface area contributed by atoms with Crippen LogP contribution in [-0.4, -0.2) is 30.4 Å². The number of nitro groups is 1. The second-order valence-electron chi connectivity index (χ2n) is 6.45. The number of nitrogens with zero attached hydrogens (tertiary/aromatic N) is 5. The van der Waals surface area contributed by atoms with Crippen LogP contribution in [-0.2, 0) is 11.3 Å². The highest BCUT2D eigenvalue weighted by molar-refractivity contribution is 5.92. The van der Waals surface area contributed by atoms with Crippen LogP contribution in [0.2, 0.25) is 0 Å². The Balaban J connectivity index is 1.76. The van der Waals surface area contributed by atoms with Gasteiger partial charge in [0.2, 0.25) is 11.7 Å². The fourth-order valence-corrected chi connectivity index (χ4v) is 2.67. The fraction of sp³-hybridized carbons (Fsp3) is 0.235. The van der Waals surface area contributed by atoms with Gasteiger partial charge in [0.15, 0.2) is 29.1 Å². The third-order valence-electron chi connectivity index (χ3n) is 4.38. The van der Waals surface area contributed by atoms with E-state index in [9.17, 15) is 36.9 Å². The molecule has 0 aliphatic heterocycles. The summed E-state index contributed by atoms with van der Waals surface area (Å²) in [6.45, 7) is 2.03. The number of hydrogen-bond acceptors (Lipinski definition) is 5. The summed E-state index contributed by atoms with van der Waals surface area (Å²) in [4.78, 5) is 22.6. The number of hydrogen-bond donors (Lipinski definition) is 1. The first kappa shape index (κ1) is 21.9. The van der Waals surface area contributed by atoms with Crippen LogP contribution in [0, 0.1) is 46.1 Å². The van der Waals surface area contributed by atoms with Crippen molar-refractivity contribution in [3.8, 4) is 0 Å². The number of rotatable bonds is 6. The van der Waals surface area contributed by atoms with E-state index < -0.39 is 58.1 Å². The van der Waals surface area contributed by atoms with Crippen LogP contribution in [0.3, 0.4) is 0 Å². The lowest BCUT2D eigenvalue weighted by Gasteiger charge is -2.11. The summed E-state index contributed by atoms with van der Waals surface area (Å²) in [6.07, 6.45) is 2.24. The lowest BCUT2D eigenvalue weighted by atomic mass is 10.1. The molecule has 1 unspecified atom stereocenters. The van der Waals surface area contributed by atoms with Gasteiger partial charge in [-0.15, -0.1) is 0 Å². The fourth-order valence-electron chi connectivity index (χ4n) is 2.67. The molecule has 164 valence electrons. The highest BCUT2D eigenvalue weighted by atomic mass is 19.2. The summed E-state index contributed by atoms with van der Waals surface area (Å²) in [6, 6.07) is 0.251. The maximum absolute atomic E-state index is 13.8. The first-order valence-electron chi connectivity index (χ1n) is 8.56. The quantitative estimate of drug-likeness (QED) is 0.207. The van der Waals surface area contributed by atoms with Gasteiger partial charge in [-0.3, -0.25) is 24.3 Å². The molecule has 0 radical (unpaired) electrons. The van der Waals surface area contributed by atoms with Crippen LogP contribution in [0.25, 0.3) is 0 Å². The van der Waals surface area contributed by atoms with Gasteiger partial charge in [-0.05, 0) is 13.8 Å². The van der Waals surface area contributed by atoms with E-state index in [1.807, 2.05) is 0 Å². The molecule has 0 saturated carbocycles. The summed E-state index contributed by atoms with van der Waals surface area (Å²) in [5.74, 6) is -11.1. The Hall–Kier alpha value is -3.84. The van der Waals surface area contributed by atoms with Gasteiger partial charge in [-0.2, -0.15) is 10.2 Å². The first-order chi connectivity index (χ1) is 14.5. The Bertz CT molecular complexity index is 1160. The van der Waals surface area contributed by atoms with Crippen molar-refractivity contribution in [2.24, 2.45) is 0 Å². The van der Waals surface area contributed by atoms with Crippen molar-refractivity contribution < 1.29 is 31.7 Å². The number of halogens is 5. The number of anilines is 1. The van der Waals surface area contributed by atoms with Gasteiger partial charge in [0.1, 0.15) is 17.9 Å². The zero-order chi connectivity index (χ0) is 23.0. The van der Waals surface area contributed by atoms with Crippen molar-refractivity contribution in [2.45, 2.75) is 26.4 Å². The number of benzene rings is 1. The third kappa shape index (κ3) is 4.08. The molecule has 1 amide bonds. The van der Waals surface area contributed by atoms with Crippen molar-refractivity contribution in [3.63, 3.8) is 0 Å². The molecular weight excluding hydrogens is 431 g/mol. The standard InChI is InChI=1S/C17H13F5N6O3/c1-7-10(28(30)31)6-27(24-7)8(2)17(29)23-11-3-4-26(25-11)5-9-12(18)14(20)16(22)15(21)13(9)19/h3-4,6,8H,5H2,1-2H3,(H,23,25,29). The van der Waals surface area contributed by atoms with Gasteiger partial charge in [0.25, 0.3) is 0 Å². The Morgan fingerprint density at radius 2 is 1.71 bits per heavy atom. The molecule has 0 aliphatic carbocycles. The second kappa shape index (κ2) is 8.12. The van der Waals surface area contributed by atoms with Crippen LogP contribution in [0.4, 0.5) is 33.5 Å². The number of aromatic nitrogens is 4. The molecule has 3 aromatic rings. The largest absolute Gasteiger partial charge is 0.309 e. The van der Waals surface area contributed by atoms with Crippen LogP contribution in [0.1, 0.15) is 24.2 Å². The van der Waals surface area contributed by atoms with Crippen LogP contribution in [0.15, 0.2) is 18.5 Å². The molecule has 9 nitrogen and oxygen atoms in total. The van der Waals surface area contributed by atoms with Gasteiger partial charge in [-0.1, -0.05) is 0 Å². The normalized spacial score (nSPS) is 12.1. The average Bonchev–Trinajstić information content (AvgIpc) is 3.33. The number of carbonyl (C=O) groups is 1. The maximum atomic E-state index is 13.8. The molecule has 0 bridgehead atoms. The Labute approximate surface area is 170 Å².